The van der Waals surface area contributed by atoms with Crippen molar-refractivity contribution in [2.24, 2.45) is 5.92 Å². The third-order valence-corrected chi connectivity index (χ3v) is 11.4. The zero-order chi connectivity index (χ0) is 31.6. The molecule has 1 spiro atoms. The molecule has 3 aliphatic heterocycles. The third-order valence-electron chi connectivity index (χ3n) is 9.45. The molecule has 0 aliphatic carbocycles. The molecule has 11 nitrogen and oxygen atoms in total. The first-order chi connectivity index (χ1) is 21.0. The number of hydrogen-bond donors (Lipinski definition) is 1. The molecule has 242 valence electrons. The van der Waals surface area contributed by atoms with Crippen molar-refractivity contribution in [3.8, 4) is 5.69 Å². The first-order valence-electron chi connectivity index (χ1n) is 16.1. The number of piperidine rings is 1. The van der Waals surface area contributed by atoms with E-state index in [1.807, 2.05) is 23.4 Å². The SMILES string of the molecule is CCCCN1C(=O)C(CC(C)C)NC(=O)C12CCN(Cc1c(C)nn(-c3ccc(S(=O)(=O)N4CCOCC4)cc3)c1C)CC2. The average molecular weight is 629 g/mol. The van der Waals surface area contributed by atoms with Crippen LogP contribution in [0.1, 0.15) is 69.8 Å². The van der Waals surface area contributed by atoms with Crippen molar-refractivity contribution in [1.29, 1.82) is 0 Å². The molecule has 2 aromatic rings. The van der Waals surface area contributed by atoms with Crippen LogP contribution >= 0.6 is 0 Å². The number of nitrogens with one attached hydrogen (secondary N) is 1. The lowest BCUT2D eigenvalue weighted by molar-refractivity contribution is -0.161. The molecule has 44 heavy (non-hydrogen) atoms. The molecule has 3 aliphatic rings. The topological polar surface area (TPSA) is 117 Å². The minimum absolute atomic E-state index is 0.00207. The van der Waals surface area contributed by atoms with Crippen molar-refractivity contribution in [3.63, 3.8) is 0 Å². The predicted octanol–water partition coefficient (Wildman–Crippen LogP) is 3.02. The van der Waals surface area contributed by atoms with E-state index in [4.69, 9.17) is 9.84 Å². The predicted molar refractivity (Wildman–Crippen MR) is 168 cm³/mol. The number of likely N-dealkylation sites (tertiary alicyclic amines) is 1. The van der Waals surface area contributed by atoms with Gasteiger partial charge >= 0.3 is 0 Å². The van der Waals surface area contributed by atoms with Crippen molar-refractivity contribution in [3.05, 3.63) is 41.2 Å². The fourth-order valence-electron chi connectivity index (χ4n) is 6.80. The van der Waals surface area contributed by atoms with Crippen molar-refractivity contribution >= 4 is 21.8 Å². The van der Waals surface area contributed by atoms with Gasteiger partial charge in [0.05, 0.1) is 29.5 Å². The minimum Gasteiger partial charge on any atom is -0.379 e. The summed E-state index contributed by atoms with van der Waals surface area (Å²) in [5.74, 6) is 0.385. The summed E-state index contributed by atoms with van der Waals surface area (Å²) in [4.78, 5) is 31.7. The number of piperazine rings is 1. The largest absolute Gasteiger partial charge is 0.379 e. The van der Waals surface area contributed by atoms with E-state index in [0.717, 1.165) is 35.5 Å². The van der Waals surface area contributed by atoms with Crippen LogP contribution in [0.3, 0.4) is 0 Å². The van der Waals surface area contributed by atoms with Gasteiger partial charge in [-0.2, -0.15) is 9.40 Å². The number of carbonyl (C=O) groups excluding carboxylic acids is 2. The Morgan fingerprint density at radius 3 is 2.32 bits per heavy atom. The summed E-state index contributed by atoms with van der Waals surface area (Å²) in [7, 11) is -3.57. The summed E-state index contributed by atoms with van der Waals surface area (Å²) in [6.45, 7) is 14.6. The van der Waals surface area contributed by atoms with Gasteiger partial charge in [0.15, 0.2) is 0 Å². The van der Waals surface area contributed by atoms with Crippen LogP contribution in [0.5, 0.6) is 0 Å². The molecule has 1 aromatic carbocycles. The minimum atomic E-state index is -3.57. The molecule has 3 fully saturated rings. The van der Waals surface area contributed by atoms with Crippen LogP contribution < -0.4 is 5.32 Å². The maximum atomic E-state index is 13.6. The number of rotatable bonds is 10. The van der Waals surface area contributed by atoms with E-state index in [1.54, 1.807) is 24.3 Å². The number of aryl methyl sites for hydroxylation is 1. The highest BCUT2D eigenvalue weighted by atomic mass is 32.2. The lowest BCUT2D eigenvalue weighted by Gasteiger charge is -2.52. The first-order valence-corrected chi connectivity index (χ1v) is 17.5. The number of hydrogen-bond acceptors (Lipinski definition) is 7. The number of amides is 2. The molecule has 1 atom stereocenters. The van der Waals surface area contributed by atoms with Gasteiger partial charge in [0.25, 0.3) is 0 Å². The molecule has 2 amide bonds. The monoisotopic (exact) mass is 628 g/mol. The molecule has 5 rings (SSSR count). The van der Waals surface area contributed by atoms with Crippen LogP contribution in [0.15, 0.2) is 29.2 Å². The number of nitrogens with zero attached hydrogens (tertiary/aromatic N) is 5. The molecule has 4 heterocycles. The van der Waals surface area contributed by atoms with Crippen molar-refractivity contribution in [1.82, 2.24) is 29.2 Å². The molecule has 1 unspecified atom stereocenters. The van der Waals surface area contributed by atoms with Gasteiger partial charge in [-0.15, -0.1) is 0 Å². The standard InChI is InChI=1S/C32H48N6O5S/c1-6-7-14-37-30(39)29(21-23(2)3)33-31(40)32(37)12-15-35(16-13-32)22-28-24(4)34-38(25(28)5)26-8-10-27(11-9-26)44(41,42)36-17-19-43-20-18-36/h8-11,23,29H,6-7,12-22H2,1-5H3,(H,33,40). The highest BCUT2D eigenvalue weighted by Crippen LogP contribution is 2.35. The fourth-order valence-corrected chi connectivity index (χ4v) is 8.21. The van der Waals surface area contributed by atoms with Gasteiger partial charge in [-0.25, -0.2) is 13.1 Å². The lowest BCUT2D eigenvalue weighted by atomic mass is 9.80. The van der Waals surface area contributed by atoms with E-state index in [2.05, 4.69) is 31.0 Å². The van der Waals surface area contributed by atoms with Crippen molar-refractivity contribution < 1.29 is 22.7 Å². The fraction of sp³-hybridized carbons (Fsp3) is 0.656. The van der Waals surface area contributed by atoms with Gasteiger partial charge in [0, 0.05) is 50.5 Å². The van der Waals surface area contributed by atoms with Gasteiger partial charge < -0.3 is 15.0 Å². The Bertz CT molecular complexity index is 1440. The van der Waals surface area contributed by atoms with Crippen molar-refractivity contribution in [2.75, 3.05) is 45.9 Å². The molecule has 3 saturated heterocycles. The molecule has 0 saturated carbocycles. The van der Waals surface area contributed by atoms with E-state index in [9.17, 15) is 18.0 Å². The number of ether oxygens (including phenoxy) is 1. The molecule has 0 bridgehead atoms. The lowest BCUT2D eigenvalue weighted by Crippen LogP contribution is -2.73. The average Bonchev–Trinajstić information content (AvgIpc) is 3.29. The zero-order valence-corrected chi connectivity index (χ0v) is 27.7. The van der Waals surface area contributed by atoms with Gasteiger partial charge in [-0.3, -0.25) is 14.5 Å². The maximum absolute atomic E-state index is 13.6. The second kappa shape index (κ2) is 13.3. The number of benzene rings is 1. The van der Waals surface area contributed by atoms with Gasteiger partial charge in [-0.05, 0) is 69.7 Å². The van der Waals surface area contributed by atoms with E-state index in [-0.39, 0.29) is 16.7 Å². The summed E-state index contributed by atoms with van der Waals surface area (Å²) in [6, 6.07) is 6.46. The highest BCUT2D eigenvalue weighted by molar-refractivity contribution is 7.89. The Labute approximate surface area is 261 Å². The van der Waals surface area contributed by atoms with Crippen LogP contribution in [0.4, 0.5) is 0 Å². The Balaban J connectivity index is 1.28. The highest BCUT2D eigenvalue weighted by Gasteiger charge is 2.53. The van der Waals surface area contributed by atoms with Crippen LogP contribution in [-0.4, -0.2) is 102 Å². The van der Waals surface area contributed by atoms with Crippen LogP contribution in [-0.2, 0) is 30.9 Å². The Kier molecular flexibility index (Phi) is 9.84. The van der Waals surface area contributed by atoms with Crippen LogP contribution in [0.2, 0.25) is 0 Å². The summed E-state index contributed by atoms with van der Waals surface area (Å²) in [5.41, 5.74) is 3.05. The number of carbonyl (C=O) groups is 2. The number of aromatic nitrogens is 2. The Morgan fingerprint density at radius 2 is 1.70 bits per heavy atom. The maximum Gasteiger partial charge on any atom is 0.246 e. The smallest absolute Gasteiger partial charge is 0.246 e. The van der Waals surface area contributed by atoms with Gasteiger partial charge in [0.2, 0.25) is 21.8 Å². The molecular weight excluding hydrogens is 580 g/mol. The normalized spacial score (nSPS) is 21.8. The van der Waals surface area contributed by atoms with Gasteiger partial charge in [0.1, 0.15) is 11.6 Å². The quantitative estimate of drug-likeness (QED) is 0.430. The summed E-state index contributed by atoms with van der Waals surface area (Å²) in [6.07, 6.45) is 3.72. The number of morpholine rings is 1. The first kappa shape index (κ1) is 32.6. The van der Waals surface area contributed by atoms with Crippen LogP contribution in [0, 0.1) is 19.8 Å². The number of unbranched alkanes of at least 4 members (excludes halogenated alkanes) is 1. The van der Waals surface area contributed by atoms with E-state index in [0.29, 0.717) is 77.7 Å². The zero-order valence-electron chi connectivity index (χ0n) is 26.8. The Morgan fingerprint density at radius 1 is 1.05 bits per heavy atom. The Hall–Kier alpha value is -2.80. The molecular formula is C32H48N6O5S. The molecule has 1 N–H and O–H groups in total. The third kappa shape index (κ3) is 6.31. The van der Waals surface area contributed by atoms with E-state index >= 15 is 0 Å². The van der Waals surface area contributed by atoms with E-state index in [1.165, 1.54) is 4.31 Å². The summed E-state index contributed by atoms with van der Waals surface area (Å²) in [5, 5.41) is 7.90. The summed E-state index contributed by atoms with van der Waals surface area (Å²) < 4.78 is 34.8. The van der Waals surface area contributed by atoms with E-state index < -0.39 is 21.6 Å². The molecule has 1 aromatic heterocycles. The van der Waals surface area contributed by atoms with Gasteiger partial charge in [-0.1, -0.05) is 27.2 Å². The molecule has 0 radical (unpaired) electrons. The number of sulfonamides is 1. The van der Waals surface area contributed by atoms with Crippen molar-refractivity contribution in [2.45, 2.75) is 89.7 Å². The second-order valence-electron chi connectivity index (χ2n) is 12.9. The molecule has 12 heteroatoms. The summed E-state index contributed by atoms with van der Waals surface area (Å²) >= 11 is 0. The van der Waals surface area contributed by atoms with Crippen LogP contribution in [0.25, 0.3) is 5.69 Å². The second-order valence-corrected chi connectivity index (χ2v) is 14.8.